The Labute approximate surface area is 123 Å². The van der Waals surface area contributed by atoms with Gasteiger partial charge in [0.05, 0.1) is 5.02 Å². The van der Waals surface area contributed by atoms with Gasteiger partial charge < -0.3 is 14.6 Å². The number of carbonyl (C=O) groups is 2. The maximum absolute atomic E-state index is 12.5. The number of nitrogens with zero attached hydrogens (tertiary/aromatic N) is 2. The first-order valence-corrected chi connectivity index (χ1v) is 7.25. The first-order chi connectivity index (χ1) is 9.51. The number of aromatic nitrogens is 1. The highest BCUT2D eigenvalue weighted by molar-refractivity contribution is 6.31. The van der Waals surface area contributed by atoms with Crippen LogP contribution >= 0.6 is 11.6 Å². The molecule has 5 nitrogen and oxygen atoms in total. The van der Waals surface area contributed by atoms with Crippen molar-refractivity contribution in [2.45, 2.75) is 32.7 Å². The zero-order valence-corrected chi connectivity index (χ0v) is 12.3. The van der Waals surface area contributed by atoms with Gasteiger partial charge in [0.2, 0.25) is 0 Å². The van der Waals surface area contributed by atoms with Gasteiger partial charge >= 0.3 is 5.97 Å². The van der Waals surface area contributed by atoms with Gasteiger partial charge in [-0.05, 0) is 31.7 Å². The number of hydrogen-bond acceptors (Lipinski definition) is 2. The summed E-state index contributed by atoms with van der Waals surface area (Å²) < 4.78 is 1.82. The molecular weight excluding hydrogens is 280 g/mol. The van der Waals surface area contributed by atoms with Crippen LogP contribution in [0.5, 0.6) is 0 Å². The lowest BCUT2D eigenvalue weighted by Crippen LogP contribution is -2.41. The molecule has 0 radical (unpaired) electrons. The van der Waals surface area contributed by atoms with Crippen molar-refractivity contribution in [3.63, 3.8) is 0 Å². The van der Waals surface area contributed by atoms with Crippen molar-refractivity contribution in [3.05, 3.63) is 23.0 Å². The smallest absolute Gasteiger partial charge is 0.303 e. The van der Waals surface area contributed by atoms with E-state index in [4.69, 9.17) is 16.7 Å². The number of rotatable bonds is 4. The molecule has 1 unspecified atom stereocenters. The normalized spacial score (nSPS) is 19.1. The lowest BCUT2D eigenvalue weighted by atomic mass is 9.94. The van der Waals surface area contributed by atoms with Gasteiger partial charge in [-0.1, -0.05) is 11.6 Å². The molecular formula is C14H19ClN2O3. The van der Waals surface area contributed by atoms with E-state index >= 15 is 0 Å². The number of aliphatic carboxylic acids is 1. The summed E-state index contributed by atoms with van der Waals surface area (Å²) in [6.45, 7) is 3.83. The van der Waals surface area contributed by atoms with E-state index in [9.17, 15) is 9.59 Å². The first kappa shape index (κ1) is 14.9. The van der Waals surface area contributed by atoms with Crippen LogP contribution in [0.25, 0.3) is 0 Å². The van der Waals surface area contributed by atoms with Crippen molar-refractivity contribution in [1.29, 1.82) is 0 Å². The van der Waals surface area contributed by atoms with Gasteiger partial charge in [0, 0.05) is 32.3 Å². The standard InChI is InChI=1S/C14H19ClN2O3/c1-2-16-9-11(15)7-12(16)14(20)17-5-3-4-10(8-17)6-13(18)19/h7,9-10H,2-6,8H2,1H3,(H,18,19). The summed E-state index contributed by atoms with van der Waals surface area (Å²) in [7, 11) is 0. The molecule has 0 aliphatic carbocycles. The Morgan fingerprint density at radius 2 is 2.25 bits per heavy atom. The molecule has 0 bridgehead atoms. The second-order valence-corrected chi connectivity index (χ2v) is 5.62. The van der Waals surface area contributed by atoms with Crippen LogP contribution in [0.1, 0.15) is 36.7 Å². The van der Waals surface area contributed by atoms with Crippen molar-refractivity contribution in [2.24, 2.45) is 5.92 Å². The summed E-state index contributed by atoms with van der Waals surface area (Å²) in [5.41, 5.74) is 0.577. The van der Waals surface area contributed by atoms with Crippen molar-refractivity contribution in [3.8, 4) is 0 Å². The summed E-state index contributed by atoms with van der Waals surface area (Å²) in [6.07, 6.45) is 3.59. The number of aryl methyl sites for hydroxylation is 1. The van der Waals surface area contributed by atoms with Crippen molar-refractivity contribution in [2.75, 3.05) is 13.1 Å². The number of carbonyl (C=O) groups excluding carboxylic acids is 1. The molecule has 1 amide bonds. The number of amides is 1. The molecule has 6 heteroatoms. The largest absolute Gasteiger partial charge is 0.481 e. The Balaban J connectivity index is 2.10. The van der Waals surface area contributed by atoms with E-state index in [0.717, 1.165) is 12.8 Å². The minimum absolute atomic E-state index is 0.0470. The second kappa shape index (κ2) is 6.31. The molecule has 2 rings (SSSR count). The zero-order chi connectivity index (χ0) is 14.7. The second-order valence-electron chi connectivity index (χ2n) is 5.19. The van der Waals surface area contributed by atoms with E-state index in [0.29, 0.717) is 30.4 Å². The molecule has 0 aromatic carbocycles. The average molecular weight is 299 g/mol. The minimum Gasteiger partial charge on any atom is -0.481 e. The number of carboxylic acid groups (broad SMARTS) is 1. The number of likely N-dealkylation sites (tertiary alicyclic amines) is 1. The Hall–Kier alpha value is -1.49. The fourth-order valence-electron chi connectivity index (χ4n) is 2.74. The molecule has 0 spiro atoms. The van der Waals surface area contributed by atoms with Crippen molar-refractivity contribution < 1.29 is 14.7 Å². The SMILES string of the molecule is CCn1cc(Cl)cc1C(=O)N1CCCC(CC(=O)O)C1. The molecule has 1 aromatic heterocycles. The number of hydrogen-bond donors (Lipinski definition) is 1. The van der Waals surface area contributed by atoms with Crippen LogP contribution in [0.2, 0.25) is 5.02 Å². The van der Waals surface area contributed by atoms with Crippen LogP contribution in [-0.2, 0) is 11.3 Å². The monoisotopic (exact) mass is 298 g/mol. The molecule has 110 valence electrons. The number of piperidine rings is 1. The maximum atomic E-state index is 12.5. The highest BCUT2D eigenvalue weighted by Crippen LogP contribution is 2.23. The summed E-state index contributed by atoms with van der Waals surface area (Å²) in [5.74, 6) is -0.816. The molecule has 0 saturated carbocycles. The van der Waals surface area contributed by atoms with Gasteiger partial charge in [-0.3, -0.25) is 9.59 Å². The molecule has 1 saturated heterocycles. The Bertz CT molecular complexity index is 513. The molecule has 20 heavy (non-hydrogen) atoms. The van der Waals surface area contributed by atoms with Crippen LogP contribution in [0.4, 0.5) is 0 Å². The molecule has 1 aromatic rings. The van der Waals surface area contributed by atoms with Gasteiger partial charge in [0.1, 0.15) is 5.69 Å². The fraction of sp³-hybridized carbons (Fsp3) is 0.571. The van der Waals surface area contributed by atoms with Crippen LogP contribution < -0.4 is 0 Å². The third-order valence-corrected chi connectivity index (χ3v) is 3.90. The van der Waals surface area contributed by atoms with E-state index in [-0.39, 0.29) is 18.2 Å². The molecule has 1 aliphatic rings. The summed E-state index contributed by atoms with van der Waals surface area (Å²) in [4.78, 5) is 25.1. The summed E-state index contributed by atoms with van der Waals surface area (Å²) in [5, 5.41) is 9.42. The zero-order valence-electron chi connectivity index (χ0n) is 11.5. The van der Waals surface area contributed by atoms with Gasteiger partial charge in [-0.15, -0.1) is 0 Å². The quantitative estimate of drug-likeness (QED) is 0.929. The Morgan fingerprint density at radius 1 is 1.50 bits per heavy atom. The topological polar surface area (TPSA) is 62.5 Å². The highest BCUT2D eigenvalue weighted by atomic mass is 35.5. The lowest BCUT2D eigenvalue weighted by Gasteiger charge is -2.32. The summed E-state index contributed by atoms with van der Waals surface area (Å²) >= 11 is 5.96. The van der Waals surface area contributed by atoms with E-state index < -0.39 is 5.97 Å². The number of carboxylic acids is 1. The predicted octanol–water partition coefficient (Wildman–Crippen LogP) is 2.49. The lowest BCUT2D eigenvalue weighted by molar-refractivity contribution is -0.138. The van der Waals surface area contributed by atoms with Crippen LogP contribution in [0.3, 0.4) is 0 Å². The average Bonchev–Trinajstić information content (AvgIpc) is 2.78. The predicted molar refractivity (Wildman–Crippen MR) is 76.0 cm³/mol. The molecule has 1 aliphatic heterocycles. The van der Waals surface area contributed by atoms with Crippen LogP contribution in [-0.4, -0.2) is 39.5 Å². The van der Waals surface area contributed by atoms with Crippen molar-refractivity contribution in [1.82, 2.24) is 9.47 Å². The molecule has 2 heterocycles. The van der Waals surface area contributed by atoms with E-state index in [1.165, 1.54) is 0 Å². The minimum atomic E-state index is -0.802. The molecule has 1 atom stereocenters. The summed E-state index contributed by atoms with van der Waals surface area (Å²) in [6, 6.07) is 1.67. The maximum Gasteiger partial charge on any atom is 0.303 e. The highest BCUT2D eigenvalue weighted by Gasteiger charge is 2.27. The third kappa shape index (κ3) is 3.33. The van der Waals surface area contributed by atoms with Crippen LogP contribution in [0.15, 0.2) is 12.3 Å². The first-order valence-electron chi connectivity index (χ1n) is 6.88. The van der Waals surface area contributed by atoms with Gasteiger partial charge in [-0.2, -0.15) is 0 Å². The number of halogens is 1. The molecule has 1 N–H and O–H groups in total. The van der Waals surface area contributed by atoms with E-state index in [1.807, 2.05) is 11.5 Å². The fourth-order valence-corrected chi connectivity index (χ4v) is 2.96. The van der Waals surface area contributed by atoms with Gasteiger partial charge in [-0.25, -0.2) is 0 Å². The Kier molecular flexibility index (Phi) is 4.70. The van der Waals surface area contributed by atoms with Crippen molar-refractivity contribution >= 4 is 23.5 Å². The van der Waals surface area contributed by atoms with E-state index in [1.54, 1.807) is 17.2 Å². The Morgan fingerprint density at radius 3 is 2.90 bits per heavy atom. The van der Waals surface area contributed by atoms with Gasteiger partial charge in [0.15, 0.2) is 0 Å². The van der Waals surface area contributed by atoms with E-state index in [2.05, 4.69) is 0 Å². The molecule has 1 fully saturated rings. The van der Waals surface area contributed by atoms with Gasteiger partial charge in [0.25, 0.3) is 5.91 Å². The van der Waals surface area contributed by atoms with Crippen LogP contribution in [0, 0.1) is 5.92 Å². The third-order valence-electron chi connectivity index (χ3n) is 3.69.